The molecule has 3 rings (SSSR count). The van der Waals surface area contributed by atoms with Gasteiger partial charge in [0.25, 0.3) is 0 Å². The molecular weight excluding hydrogens is 204 g/mol. The first-order valence-electron chi connectivity index (χ1n) is 5.13. The van der Waals surface area contributed by atoms with E-state index >= 15 is 0 Å². The number of hydrogen-bond donors (Lipinski definition) is 1. The zero-order valence-corrected chi connectivity index (χ0v) is 8.51. The number of H-pyrrole nitrogens is 1. The van der Waals surface area contributed by atoms with E-state index in [9.17, 15) is 4.79 Å². The fraction of sp³-hybridized carbons (Fsp3) is 0.167. The first-order valence-corrected chi connectivity index (χ1v) is 5.13. The van der Waals surface area contributed by atoms with Gasteiger partial charge in [0.15, 0.2) is 0 Å². The number of carbonyl (C=O) groups is 1. The van der Waals surface area contributed by atoms with Gasteiger partial charge in [-0.3, -0.25) is 4.79 Å². The maximum Gasteiger partial charge on any atom is 0.322 e. The van der Waals surface area contributed by atoms with Crippen LogP contribution in [0.1, 0.15) is 17.3 Å². The van der Waals surface area contributed by atoms with Crippen molar-refractivity contribution in [1.82, 2.24) is 9.97 Å². The van der Waals surface area contributed by atoms with Gasteiger partial charge in [-0.05, 0) is 18.1 Å². The van der Waals surface area contributed by atoms with Gasteiger partial charge < -0.3 is 9.72 Å². The number of esters is 1. The van der Waals surface area contributed by atoms with E-state index in [1.165, 1.54) is 0 Å². The van der Waals surface area contributed by atoms with E-state index in [0.29, 0.717) is 18.0 Å². The van der Waals surface area contributed by atoms with Crippen molar-refractivity contribution < 1.29 is 9.53 Å². The topological polar surface area (TPSA) is 55.0 Å². The van der Waals surface area contributed by atoms with Crippen LogP contribution >= 0.6 is 0 Å². The summed E-state index contributed by atoms with van der Waals surface area (Å²) in [6.45, 7) is 0. The van der Waals surface area contributed by atoms with Crippen LogP contribution in [0.2, 0.25) is 0 Å². The van der Waals surface area contributed by atoms with Crippen molar-refractivity contribution in [3.05, 3.63) is 48.0 Å². The summed E-state index contributed by atoms with van der Waals surface area (Å²) in [6, 6.07) is 7.58. The van der Waals surface area contributed by atoms with E-state index in [2.05, 4.69) is 9.97 Å². The van der Waals surface area contributed by atoms with E-state index < -0.39 is 0 Å². The predicted octanol–water partition coefficient (Wildman–Crippen LogP) is 1.65. The van der Waals surface area contributed by atoms with Crippen molar-refractivity contribution >= 4 is 5.97 Å². The number of hydrogen-bond acceptors (Lipinski definition) is 3. The molecule has 1 aliphatic rings. The molecule has 16 heavy (non-hydrogen) atoms. The molecule has 0 saturated carbocycles. The number of rotatable bonds is 1. The Morgan fingerprint density at radius 1 is 1.38 bits per heavy atom. The summed E-state index contributed by atoms with van der Waals surface area (Å²) >= 11 is 0. The number of ether oxygens (including phenoxy) is 1. The normalized spacial score (nSPS) is 19.0. The second kappa shape index (κ2) is 3.48. The summed E-state index contributed by atoms with van der Waals surface area (Å²) in [7, 11) is 0. The summed E-state index contributed by atoms with van der Waals surface area (Å²) in [6.07, 6.45) is 3.99. The third-order valence-electron chi connectivity index (χ3n) is 2.74. The average molecular weight is 214 g/mol. The van der Waals surface area contributed by atoms with Crippen molar-refractivity contribution in [2.45, 2.75) is 12.3 Å². The van der Waals surface area contributed by atoms with Gasteiger partial charge in [-0.2, -0.15) is 0 Å². The lowest BCUT2D eigenvalue weighted by Gasteiger charge is -2.21. The smallest absolute Gasteiger partial charge is 0.322 e. The van der Waals surface area contributed by atoms with Gasteiger partial charge in [0.1, 0.15) is 17.5 Å². The summed E-state index contributed by atoms with van der Waals surface area (Å²) in [5, 5.41) is 0. The number of nitrogens with zero attached hydrogens (tertiary/aromatic N) is 1. The highest BCUT2D eigenvalue weighted by Gasteiger charge is 2.31. The number of carbonyl (C=O) groups excluding carboxylic acids is 1. The lowest BCUT2D eigenvalue weighted by atomic mass is 9.95. The molecule has 0 amide bonds. The molecule has 0 saturated heterocycles. The number of fused-ring (bicyclic) bond motifs is 1. The van der Waals surface area contributed by atoms with E-state index in [0.717, 1.165) is 5.56 Å². The van der Waals surface area contributed by atoms with Crippen LogP contribution in [0.4, 0.5) is 0 Å². The Bertz CT molecular complexity index is 520. The number of aromatic nitrogens is 2. The minimum Gasteiger partial charge on any atom is -0.426 e. The Kier molecular flexibility index (Phi) is 1.99. The quantitative estimate of drug-likeness (QED) is 0.580. The molecule has 2 aromatic rings. The Balaban J connectivity index is 1.98. The summed E-state index contributed by atoms with van der Waals surface area (Å²) in [4.78, 5) is 18.8. The van der Waals surface area contributed by atoms with E-state index in [-0.39, 0.29) is 11.9 Å². The summed E-state index contributed by atoms with van der Waals surface area (Å²) in [5.74, 6) is 0.772. The number of aromatic amines is 1. The molecule has 1 aromatic heterocycles. The van der Waals surface area contributed by atoms with Crippen LogP contribution in [-0.4, -0.2) is 15.9 Å². The fourth-order valence-corrected chi connectivity index (χ4v) is 1.93. The van der Waals surface area contributed by atoms with Crippen LogP contribution in [0.3, 0.4) is 0 Å². The molecule has 1 N–H and O–H groups in total. The SMILES string of the molecule is O=C1Oc2ccccc2CC1c1ncc[nH]1. The largest absolute Gasteiger partial charge is 0.426 e. The number of benzene rings is 1. The van der Waals surface area contributed by atoms with Gasteiger partial charge in [-0.1, -0.05) is 18.2 Å². The van der Waals surface area contributed by atoms with Gasteiger partial charge in [0.2, 0.25) is 0 Å². The molecule has 0 aliphatic carbocycles. The number of nitrogens with one attached hydrogen (secondary N) is 1. The molecule has 4 nitrogen and oxygen atoms in total. The zero-order valence-electron chi connectivity index (χ0n) is 8.51. The standard InChI is InChI=1S/C12H10N2O2/c15-12-9(11-13-5-6-14-11)7-8-3-1-2-4-10(8)16-12/h1-6,9H,7H2,(H,13,14). The molecule has 1 unspecified atom stereocenters. The first-order chi connectivity index (χ1) is 7.84. The second-order valence-electron chi connectivity index (χ2n) is 3.76. The Hall–Kier alpha value is -2.10. The molecule has 2 heterocycles. The average Bonchev–Trinajstić information content (AvgIpc) is 2.81. The summed E-state index contributed by atoms with van der Waals surface area (Å²) < 4.78 is 5.27. The third-order valence-corrected chi connectivity index (χ3v) is 2.74. The van der Waals surface area contributed by atoms with Crippen molar-refractivity contribution in [3.8, 4) is 5.75 Å². The molecule has 1 atom stereocenters. The van der Waals surface area contributed by atoms with Crippen LogP contribution in [0.25, 0.3) is 0 Å². The van der Waals surface area contributed by atoms with Crippen molar-refractivity contribution in [1.29, 1.82) is 0 Å². The lowest BCUT2D eigenvalue weighted by Crippen LogP contribution is -2.26. The Morgan fingerprint density at radius 3 is 3.06 bits per heavy atom. The Labute approximate surface area is 92.3 Å². The molecule has 0 bridgehead atoms. The van der Waals surface area contributed by atoms with Crippen molar-refractivity contribution in [2.75, 3.05) is 0 Å². The molecule has 4 heteroatoms. The van der Waals surface area contributed by atoms with Gasteiger partial charge >= 0.3 is 5.97 Å². The van der Waals surface area contributed by atoms with Gasteiger partial charge in [-0.15, -0.1) is 0 Å². The zero-order chi connectivity index (χ0) is 11.0. The fourth-order valence-electron chi connectivity index (χ4n) is 1.93. The minimum absolute atomic E-state index is 0.242. The highest BCUT2D eigenvalue weighted by atomic mass is 16.5. The predicted molar refractivity (Wildman–Crippen MR) is 57.1 cm³/mol. The minimum atomic E-state index is -0.315. The maximum atomic E-state index is 11.8. The van der Waals surface area contributed by atoms with Crippen LogP contribution in [0.5, 0.6) is 5.75 Å². The molecule has 80 valence electrons. The highest BCUT2D eigenvalue weighted by Crippen LogP contribution is 2.31. The number of para-hydroxylation sites is 1. The second-order valence-corrected chi connectivity index (χ2v) is 3.76. The van der Waals surface area contributed by atoms with Crippen LogP contribution < -0.4 is 4.74 Å². The third kappa shape index (κ3) is 1.39. The lowest BCUT2D eigenvalue weighted by molar-refractivity contribution is -0.137. The van der Waals surface area contributed by atoms with Crippen LogP contribution in [-0.2, 0) is 11.2 Å². The van der Waals surface area contributed by atoms with E-state index in [1.54, 1.807) is 12.4 Å². The van der Waals surface area contributed by atoms with Crippen LogP contribution in [0.15, 0.2) is 36.7 Å². The van der Waals surface area contributed by atoms with E-state index in [4.69, 9.17) is 4.74 Å². The van der Waals surface area contributed by atoms with Crippen molar-refractivity contribution in [2.24, 2.45) is 0 Å². The summed E-state index contributed by atoms with van der Waals surface area (Å²) in [5.41, 5.74) is 1.04. The first kappa shape index (κ1) is 9.15. The highest BCUT2D eigenvalue weighted by molar-refractivity contribution is 5.82. The maximum absolute atomic E-state index is 11.8. The van der Waals surface area contributed by atoms with Gasteiger partial charge in [0, 0.05) is 12.4 Å². The molecule has 1 aromatic carbocycles. The molecule has 1 aliphatic heterocycles. The molecular formula is C12H10N2O2. The van der Waals surface area contributed by atoms with Crippen LogP contribution in [0, 0.1) is 0 Å². The Morgan fingerprint density at radius 2 is 2.25 bits per heavy atom. The monoisotopic (exact) mass is 214 g/mol. The van der Waals surface area contributed by atoms with Crippen molar-refractivity contribution in [3.63, 3.8) is 0 Å². The van der Waals surface area contributed by atoms with Gasteiger partial charge in [-0.25, -0.2) is 4.98 Å². The molecule has 0 spiro atoms. The molecule has 0 fully saturated rings. The molecule has 0 radical (unpaired) electrons. The van der Waals surface area contributed by atoms with Gasteiger partial charge in [0.05, 0.1) is 0 Å². The number of imidazole rings is 1. The van der Waals surface area contributed by atoms with E-state index in [1.807, 2.05) is 24.3 Å².